The van der Waals surface area contributed by atoms with Gasteiger partial charge in [0.2, 0.25) is 0 Å². The highest BCUT2D eigenvalue weighted by molar-refractivity contribution is 5.22. The van der Waals surface area contributed by atoms with Crippen molar-refractivity contribution in [1.82, 2.24) is 9.78 Å². The van der Waals surface area contributed by atoms with Gasteiger partial charge in [-0.05, 0) is 111 Å². The van der Waals surface area contributed by atoms with Crippen LogP contribution >= 0.6 is 0 Å². The molecule has 4 fully saturated rings. The lowest BCUT2D eigenvalue weighted by atomic mass is 9.38. The Kier molecular flexibility index (Phi) is 5.56. The van der Waals surface area contributed by atoms with E-state index in [0.29, 0.717) is 28.9 Å². The normalized spacial score (nSPS) is 46.5. The van der Waals surface area contributed by atoms with Crippen molar-refractivity contribution < 1.29 is 5.11 Å². The number of nitriles is 1. The van der Waals surface area contributed by atoms with Crippen molar-refractivity contribution in [2.24, 2.45) is 45.8 Å². The molecule has 0 bridgehead atoms. The number of aromatic nitrogens is 2. The third kappa shape index (κ3) is 3.35. The summed E-state index contributed by atoms with van der Waals surface area (Å²) in [5.74, 6) is 3.63. The predicted octanol–water partition coefficient (Wildman–Crippen LogP) is 6.58. The fraction of sp³-hybridized carbons (Fsp3) is 0.862. The topological polar surface area (TPSA) is 61.8 Å². The second-order valence-corrected chi connectivity index (χ2v) is 13.4. The van der Waals surface area contributed by atoms with Crippen LogP contribution in [-0.4, -0.2) is 20.5 Å². The average molecular weight is 452 g/mol. The van der Waals surface area contributed by atoms with Gasteiger partial charge in [-0.25, -0.2) is 0 Å². The summed E-state index contributed by atoms with van der Waals surface area (Å²) in [6.45, 7) is 12.6. The zero-order chi connectivity index (χ0) is 23.6. The summed E-state index contributed by atoms with van der Waals surface area (Å²) >= 11 is 0. The van der Waals surface area contributed by atoms with E-state index in [2.05, 4.69) is 38.9 Å². The number of fused-ring (bicyclic) bond motifs is 5. The van der Waals surface area contributed by atoms with Crippen LogP contribution < -0.4 is 0 Å². The minimum atomic E-state index is -0.805. The van der Waals surface area contributed by atoms with Crippen LogP contribution in [0.3, 0.4) is 0 Å². The van der Waals surface area contributed by atoms with Crippen LogP contribution in [0.1, 0.15) is 104 Å². The largest absolute Gasteiger partial charge is 0.388 e. The van der Waals surface area contributed by atoms with E-state index in [0.717, 1.165) is 30.1 Å². The van der Waals surface area contributed by atoms with Gasteiger partial charge in [0.1, 0.15) is 6.07 Å². The molecule has 4 aliphatic rings. The Hall–Kier alpha value is -1.34. The molecule has 4 nitrogen and oxygen atoms in total. The third-order valence-corrected chi connectivity index (χ3v) is 11.9. The smallest absolute Gasteiger partial charge is 0.102 e. The van der Waals surface area contributed by atoms with Crippen molar-refractivity contribution in [3.05, 3.63) is 18.0 Å². The minimum Gasteiger partial charge on any atom is -0.388 e. The van der Waals surface area contributed by atoms with Gasteiger partial charge < -0.3 is 5.11 Å². The van der Waals surface area contributed by atoms with E-state index in [1.54, 1.807) is 17.1 Å². The number of hydrogen-bond donors (Lipinski definition) is 1. The molecule has 1 N–H and O–H groups in total. The average Bonchev–Trinajstić information content (AvgIpc) is 3.36. The van der Waals surface area contributed by atoms with E-state index < -0.39 is 5.60 Å². The van der Waals surface area contributed by atoms with Crippen LogP contribution in [0.15, 0.2) is 12.4 Å². The monoisotopic (exact) mass is 451 g/mol. The first-order chi connectivity index (χ1) is 15.6. The van der Waals surface area contributed by atoms with Gasteiger partial charge in [0, 0.05) is 6.20 Å². The van der Waals surface area contributed by atoms with Crippen LogP contribution in [0.25, 0.3) is 0 Å². The summed E-state index contributed by atoms with van der Waals surface area (Å²) < 4.78 is 1.78. The number of nitrogens with zero attached hydrogens (tertiary/aromatic N) is 3. The summed E-state index contributed by atoms with van der Waals surface area (Å²) in [5, 5.41) is 25.3. The molecule has 2 unspecified atom stereocenters. The van der Waals surface area contributed by atoms with Crippen molar-refractivity contribution >= 4 is 0 Å². The van der Waals surface area contributed by atoms with E-state index >= 15 is 0 Å². The van der Waals surface area contributed by atoms with Crippen LogP contribution in [0.2, 0.25) is 0 Å². The first-order valence-corrected chi connectivity index (χ1v) is 13.7. The summed E-state index contributed by atoms with van der Waals surface area (Å²) in [6.07, 6.45) is 16.8. The van der Waals surface area contributed by atoms with Crippen molar-refractivity contribution in [2.45, 2.75) is 111 Å². The summed E-state index contributed by atoms with van der Waals surface area (Å²) in [7, 11) is 0. The first-order valence-electron chi connectivity index (χ1n) is 13.7. The predicted molar refractivity (Wildman–Crippen MR) is 131 cm³/mol. The molecule has 0 amide bonds. The van der Waals surface area contributed by atoms with Crippen molar-refractivity contribution in [1.29, 1.82) is 5.26 Å². The molecule has 4 aliphatic carbocycles. The molecule has 9 atom stereocenters. The maximum absolute atomic E-state index is 11.8. The van der Waals surface area contributed by atoms with Crippen LogP contribution in [0.5, 0.6) is 0 Å². The van der Waals surface area contributed by atoms with E-state index in [9.17, 15) is 5.11 Å². The molecule has 33 heavy (non-hydrogen) atoms. The minimum absolute atomic E-state index is 0.209. The molecular weight excluding hydrogens is 406 g/mol. The van der Waals surface area contributed by atoms with Gasteiger partial charge in [-0.1, -0.05) is 34.1 Å². The Morgan fingerprint density at radius 1 is 1.15 bits per heavy atom. The molecule has 5 rings (SSSR count). The lowest BCUT2D eigenvalue weighted by Crippen LogP contribution is -2.59. The molecule has 4 heteroatoms. The molecule has 4 saturated carbocycles. The van der Waals surface area contributed by atoms with E-state index in [-0.39, 0.29) is 5.41 Å². The zero-order valence-corrected chi connectivity index (χ0v) is 21.6. The van der Waals surface area contributed by atoms with Gasteiger partial charge in [0.25, 0.3) is 0 Å². The van der Waals surface area contributed by atoms with Crippen LogP contribution in [0.4, 0.5) is 0 Å². The standard InChI is InChI=1S/C29H45N3O/c1-6-29-14-9-20(2)15-26(29,3)12-10-22-23-7-8-25(27(23,4)13-11-24(22)29)28(5,33)19-32-18-21(16-30)17-31-32/h17-18,20,22-25,33H,6-15,19H2,1-5H3/t20-,22-,23?,24?,25-,26+,27-,28+,29+/m0/s1. The number of hydrogen-bond acceptors (Lipinski definition) is 3. The molecule has 0 spiro atoms. The van der Waals surface area contributed by atoms with Gasteiger partial charge in [0.05, 0.1) is 23.9 Å². The molecule has 1 heterocycles. The molecule has 0 aliphatic heterocycles. The van der Waals surface area contributed by atoms with Gasteiger partial charge in [0.15, 0.2) is 0 Å². The first kappa shape index (κ1) is 23.4. The maximum atomic E-state index is 11.8. The van der Waals surface area contributed by atoms with E-state index in [1.807, 2.05) is 6.92 Å². The second-order valence-electron chi connectivity index (χ2n) is 13.4. The molecule has 1 aromatic heterocycles. The Labute approximate surface area is 201 Å². The summed E-state index contributed by atoms with van der Waals surface area (Å²) in [5.41, 5.74) is 1.03. The zero-order valence-electron chi connectivity index (χ0n) is 21.6. The Bertz CT molecular complexity index is 930. The SMILES string of the molecule is CC[C@]12CC[C@H](C)C[C@@]1(C)CC[C@@H]1C2CC[C@@]2(C)C1CC[C@@H]2[C@](C)(O)Cn1cc(C#N)cn1. The Balaban J connectivity index is 1.40. The van der Waals surface area contributed by atoms with Crippen LogP contribution in [-0.2, 0) is 6.54 Å². The van der Waals surface area contributed by atoms with Gasteiger partial charge in [-0.15, -0.1) is 0 Å². The molecule has 0 aromatic carbocycles. The fourth-order valence-electron chi connectivity index (χ4n) is 10.6. The van der Waals surface area contributed by atoms with Gasteiger partial charge in [-0.2, -0.15) is 10.4 Å². The fourth-order valence-corrected chi connectivity index (χ4v) is 10.6. The number of rotatable bonds is 4. The lowest BCUT2D eigenvalue weighted by Gasteiger charge is -2.66. The Morgan fingerprint density at radius 3 is 2.64 bits per heavy atom. The summed E-state index contributed by atoms with van der Waals surface area (Å²) in [6, 6.07) is 2.16. The van der Waals surface area contributed by atoms with Crippen molar-refractivity contribution in [3.8, 4) is 6.07 Å². The van der Waals surface area contributed by atoms with Gasteiger partial charge in [-0.3, -0.25) is 4.68 Å². The van der Waals surface area contributed by atoms with Crippen molar-refractivity contribution in [3.63, 3.8) is 0 Å². The molecule has 0 radical (unpaired) electrons. The molecule has 0 saturated heterocycles. The van der Waals surface area contributed by atoms with E-state index in [1.165, 1.54) is 57.8 Å². The molecule has 1 aromatic rings. The number of aliphatic hydroxyl groups is 1. The highest BCUT2D eigenvalue weighted by atomic mass is 16.3. The third-order valence-electron chi connectivity index (χ3n) is 11.9. The maximum Gasteiger partial charge on any atom is 0.102 e. The summed E-state index contributed by atoms with van der Waals surface area (Å²) in [4.78, 5) is 0. The molecular formula is C29H45N3O. The second kappa shape index (κ2) is 7.84. The van der Waals surface area contributed by atoms with E-state index in [4.69, 9.17) is 5.26 Å². The highest BCUT2D eigenvalue weighted by Gasteiger charge is 2.65. The van der Waals surface area contributed by atoms with Gasteiger partial charge >= 0.3 is 0 Å². The lowest BCUT2D eigenvalue weighted by molar-refractivity contribution is -0.180. The quantitative estimate of drug-likeness (QED) is 0.562. The van der Waals surface area contributed by atoms with Crippen LogP contribution in [0, 0.1) is 57.2 Å². The van der Waals surface area contributed by atoms with Crippen molar-refractivity contribution in [2.75, 3.05) is 0 Å². The highest BCUT2D eigenvalue weighted by Crippen LogP contribution is 2.72. The Morgan fingerprint density at radius 2 is 1.94 bits per heavy atom. The molecule has 182 valence electrons.